The standard InChI is InChI=1S/C57H35N3OS/c1-3-11-36(12-4-1)38-21-27-41(28-22-38)55-58-56(42-29-23-39(24-30-42)37-13-5-2-6-14-37)60-57(59-55)43-31-25-40(26-32-43)45-16-9-18-49-53(45)47-34-33-44(35-50(47)61-49)46-17-10-20-52-54(46)48-15-7-8-19-51(48)62-52/h1-35H. The number of hydrogen-bond acceptors (Lipinski definition) is 5. The van der Waals surface area contributed by atoms with Gasteiger partial charge in [0, 0.05) is 47.6 Å². The first-order valence-electron chi connectivity index (χ1n) is 20.7. The van der Waals surface area contributed by atoms with Crippen LogP contribution in [0, 0.1) is 0 Å². The molecule has 0 fully saturated rings. The number of rotatable bonds is 7. The molecule has 0 radical (unpaired) electrons. The number of benzene rings is 9. The third-order valence-corrected chi connectivity index (χ3v) is 12.9. The SMILES string of the molecule is c1ccc(-c2ccc(-c3nc(-c4ccc(-c5ccccc5)cc4)nc(-c4ccc(-c5cccc6oc7cc(-c8cccc9sc%10ccccc%10c89)ccc7c56)cc4)n3)cc2)cc1. The maximum Gasteiger partial charge on any atom is 0.164 e. The Morgan fingerprint density at radius 3 is 1.34 bits per heavy atom. The van der Waals surface area contributed by atoms with Crippen LogP contribution in [0.2, 0.25) is 0 Å². The van der Waals surface area contributed by atoms with Gasteiger partial charge in [-0.3, -0.25) is 0 Å². The lowest BCUT2D eigenvalue weighted by Gasteiger charge is -2.10. The molecule has 3 aromatic heterocycles. The van der Waals surface area contributed by atoms with Gasteiger partial charge in [-0.15, -0.1) is 11.3 Å². The molecule has 0 spiro atoms. The zero-order chi connectivity index (χ0) is 41.0. The second-order valence-corrected chi connectivity index (χ2v) is 16.6. The molecule has 0 unspecified atom stereocenters. The zero-order valence-electron chi connectivity index (χ0n) is 33.4. The normalized spacial score (nSPS) is 11.5. The summed E-state index contributed by atoms with van der Waals surface area (Å²) in [6, 6.07) is 74.5. The molecule has 12 rings (SSSR count). The van der Waals surface area contributed by atoms with Crippen LogP contribution in [0.5, 0.6) is 0 Å². The average molecular weight is 810 g/mol. The second-order valence-electron chi connectivity index (χ2n) is 15.5. The van der Waals surface area contributed by atoms with E-state index >= 15 is 0 Å². The van der Waals surface area contributed by atoms with Crippen molar-refractivity contribution >= 4 is 53.4 Å². The lowest BCUT2D eigenvalue weighted by atomic mass is 9.96. The van der Waals surface area contributed by atoms with E-state index < -0.39 is 0 Å². The van der Waals surface area contributed by atoms with Crippen molar-refractivity contribution in [1.82, 2.24) is 15.0 Å². The molecule has 0 saturated heterocycles. The number of furan rings is 1. The molecule has 12 aromatic rings. The summed E-state index contributed by atoms with van der Waals surface area (Å²) in [6.45, 7) is 0. The molecular weight excluding hydrogens is 775 g/mol. The Balaban J connectivity index is 0.918. The number of fused-ring (bicyclic) bond motifs is 6. The maximum absolute atomic E-state index is 6.60. The van der Waals surface area contributed by atoms with Gasteiger partial charge in [-0.05, 0) is 74.8 Å². The first kappa shape index (κ1) is 35.9. The van der Waals surface area contributed by atoms with Crippen molar-refractivity contribution in [2.45, 2.75) is 0 Å². The van der Waals surface area contributed by atoms with Crippen LogP contribution >= 0.6 is 11.3 Å². The van der Waals surface area contributed by atoms with Crippen molar-refractivity contribution < 1.29 is 4.42 Å². The first-order chi connectivity index (χ1) is 30.7. The van der Waals surface area contributed by atoms with E-state index in [1.54, 1.807) is 0 Å². The largest absolute Gasteiger partial charge is 0.456 e. The lowest BCUT2D eigenvalue weighted by Crippen LogP contribution is -2.00. The fraction of sp³-hybridized carbons (Fsp3) is 0. The molecule has 0 N–H and O–H groups in total. The monoisotopic (exact) mass is 809 g/mol. The third-order valence-electron chi connectivity index (χ3n) is 11.8. The van der Waals surface area contributed by atoms with Crippen molar-refractivity contribution in [2.24, 2.45) is 0 Å². The number of hydrogen-bond donors (Lipinski definition) is 0. The minimum Gasteiger partial charge on any atom is -0.456 e. The molecule has 0 atom stereocenters. The summed E-state index contributed by atoms with van der Waals surface area (Å²) in [4.78, 5) is 15.2. The number of thiophene rings is 1. The highest BCUT2D eigenvalue weighted by Crippen LogP contribution is 2.43. The molecule has 0 amide bonds. The topological polar surface area (TPSA) is 51.8 Å². The van der Waals surface area contributed by atoms with E-state index in [0.29, 0.717) is 17.5 Å². The van der Waals surface area contributed by atoms with E-state index in [1.807, 2.05) is 23.5 Å². The van der Waals surface area contributed by atoms with Crippen molar-refractivity contribution in [3.8, 4) is 78.7 Å². The summed E-state index contributed by atoms with van der Waals surface area (Å²) >= 11 is 1.84. The Morgan fingerprint density at radius 1 is 0.290 bits per heavy atom. The van der Waals surface area contributed by atoms with Gasteiger partial charge in [-0.25, -0.2) is 15.0 Å². The molecule has 0 aliphatic carbocycles. The fourth-order valence-electron chi connectivity index (χ4n) is 8.70. The van der Waals surface area contributed by atoms with Gasteiger partial charge in [0.25, 0.3) is 0 Å². The van der Waals surface area contributed by atoms with E-state index in [2.05, 4.69) is 200 Å². The zero-order valence-corrected chi connectivity index (χ0v) is 34.2. The van der Waals surface area contributed by atoms with Gasteiger partial charge in [-0.2, -0.15) is 0 Å². The fourth-order valence-corrected chi connectivity index (χ4v) is 9.83. The molecule has 0 bridgehead atoms. The van der Waals surface area contributed by atoms with Crippen LogP contribution in [0.4, 0.5) is 0 Å². The van der Waals surface area contributed by atoms with E-state index in [-0.39, 0.29) is 0 Å². The molecular formula is C57H35N3OS. The van der Waals surface area contributed by atoms with Crippen LogP contribution in [0.25, 0.3) is 121 Å². The van der Waals surface area contributed by atoms with E-state index in [0.717, 1.165) is 66.4 Å². The van der Waals surface area contributed by atoms with Gasteiger partial charge in [0.2, 0.25) is 0 Å². The molecule has 0 aliphatic rings. The van der Waals surface area contributed by atoms with Crippen molar-refractivity contribution in [2.75, 3.05) is 0 Å². The Labute approximate surface area is 362 Å². The van der Waals surface area contributed by atoms with Crippen LogP contribution in [0.15, 0.2) is 217 Å². The Morgan fingerprint density at radius 2 is 0.742 bits per heavy atom. The lowest BCUT2D eigenvalue weighted by molar-refractivity contribution is 0.669. The summed E-state index contributed by atoms with van der Waals surface area (Å²) in [7, 11) is 0. The molecule has 290 valence electrons. The maximum atomic E-state index is 6.60. The van der Waals surface area contributed by atoms with Crippen LogP contribution < -0.4 is 0 Å². The minimum absolute atomic E-state index is 0.615. The van der Waals surface area contributed by atoms with Gasteiger partial charge in [0.05, 0.1) is 0 Å². The van der Waals surface area contributed by atoms with E-state index in [9.17, 15) is 0 Å². The molecule has 4 nitrogen and oxygen atoms in total. The van der Waals surface area contributed by atoms with Crippen LogP contribution in [0.3, 0.4) is 0 Å². The number of aromatic nitrogens is 3. The summed E-state index contributed by atoms with van der Waals surface area (Å²) in [5.74, 6) is 1.86. The van der Waals surface area contributed by atoms with Crippen molar-refractivity contribution in [3.63, 3.8) is 0 Å². The van der Waals surface area contributed by atoms with E-state index in [4.69, 9.17) is 19.4 Å². The highest BCUT2D eigenvalue weighted by molar-refractivity contribution is 7.25. The summed E-state index contributed by atoms with van der Waals surface area (Å²) < 4.78 is 9.19. The highest BCUT2D eigenvalue weighted by atomic mass is 32.1. The molecule has 9 aromatic carbocycles. The quantitative estimate of drug-likeness (QED) is 0.161. The highest BCUT2D eigenvalue weighted by Gasteiger charge is 2.18. The Kier molecular flexibility index (Phi) is 8.65. The smallest absolute Gasteiger partial charge is 0.164 e. The average Bonchev–Trinajstić information content (AvgIpc) is 3.93. The van der Waals surface area contributed by atoms with Gasteiger partial charge in [0.1, 0.15) is 11.2 Å². The van der Waals surface area contributed by atoms with Gasteiger partial charge in [-0.1, -0.05) is 182 Å². The Hall–Kier alpha value is -7.99. The predicted molar refractivity (Wildman–Crippen MR) is 258 cm³/mol. The first-order valence-corrected chi connectivity index (χ1v) is 21.6. The summed E-state index contributed by atoms with van der Waals surface area (Å²) in [5.41, 5.74) is 13.7. The molecule has 0 aliphatic heterocycles. The second kappa shape index (κ2) is 14.9. The third kappa shape index (κ3) is 6.35. The van der Waals surface area contributed by atoms with Crippen molar-refractivity contribution in [3.05, 3.63) is 212 Å². The summed E-state index contributed by atoms with van der Waals surface area (Å²) in [6.07, 6.45) is 0. The molecule has 5 heteroatoms. The van der Waals surface area contributed by atoms with Crippen LogP contribution in [-0.2, 0) is 0 Å². The van der Waals surface area contributed by atoms with Crippen LogP contribution in [0.1, 0.15) is 0 Å². The minimum atomic E-state index is 0.615. The molecule has 0 saturated carbocycles. The van der Waals surface area contributed by atoms with Gasteiger partial charge in [0.15, 0.2) is 17.5 Å². The molecule has 3 heterocycles. The van der Waals surface area contributed by atoms with Gasteiger partial charge >= 0.3 is 0 Å². The number of nitrogens with zero attached hydrogens (tertiary/aromatic N) is 3. The van der Waals surface area contributed by atoms with E-state index in [1.165, 1.54) is 36.9 Å². The van der Waals surface area contributed by atoms with Crippen LogP contribution in [-0.4, -0.2) is 15.0 Å². The predicted octanol–water partition coefficient (Wildman–Crippen LogP) is 15.8. The molecule has 62 heavy (non-hydrogen) atoms. The summed E-state index contributed by atoms with van der Waals surface area (Å²) in [5, 5.41) is 4.78. The van der Waals surface area contributed by atoms with Gasteiger partial charge < -0.3 is 4.42 Å². The van der Waals surface area contributed by atoms with Crippen molar-refractivity contribution in [1.29, 1.82) is 0 Å². The Bertz CT molecular complexity index is 3490.